The van der Waals surface area contributed by atoms with Gasteiger partial charge in [0.1, 0.15) is 5.25 Å². The Morgan fingerprint density at radius 3 is 2.40 bits per heavy atom. The second kappa shape index (κ2) is 5.68. The largest absolute Gasteiger partial charge is 0.293 e. The lowest BCUT2D eigenvalue weighted by Gasteiger charge is -2.18. The Hall–Kier alpha value is -1.16. The fraction of sp³-hybridized carbons (Fsp3) is 0.562. The molecule has 1 unspecified atom stereocenters. The first kappa shape index (κ1) is 15.2. The van der Waals surface area contributed by atoms with Crippen LogP contribution in [0.4, 0.5) is 0 Å². The maximum atomic E-state index is 12.5. The quantitative estimate of drug-likeness (QED) is 0.801. The van der Waals surface area contributed by atoms with E-state index in [9.17, 15) is 13.2 Å². The van der Waals surface area contributed by atoms with Crippen LogP contribution in [-0.2, 0) is 9.84 Å². The Kier molecular flexibility index (Phi) is 4.33. The topological polar surface area (TPSA) is 51.2 Å². The molecule has 1 saturated carbocycles. The number of hydrogen-bond acceptors (Lipinski definition) is 3. The first-order valence-corrected chi connectivity index (χ1v) is 8.79. The third-order valence-corrected chi connectivity index (χ3v) is 6.89. The zero-order chi connectivity index (χ0) is 14.9. The van der Waals surface area contributed by atoms with Gasteiger partial charge in [0.25, 0.3) is 0 Å². The van der Waals surface area contributed by atoms with E-state index in [4.69, 9.17) is 0 Å². The lowest BCUT2D eigenvalue weighted by Crippen LogP contribution is -2.34. The van der Waals surface area contributed by atoms with Crippen LogP contribution in [0.2, 0.25) is 0 Å². The van der Waals surface area contributed by atoms with Crippen LogP contribution in [0, 0.1) is 13.8 Å². The summed E-state index contributed by atoms with van der Waals surface area (Å²) < 4.78 is 25.0. The van der Waals surface area contributed by atoms with Crippen molar-refractivity contribution in [3.05, 3.63) is 34.9 Å². The molecule has 1 aliphatic carbocycles. The minimum atomic E-state index is -3.37. The Morgan fingerprint density at radius 2 is 1.80 bits per heavy atom. The van der Waals surface area contributed by atoms with Crippen LogP contribution in [0.3, 0.4) is 0 Å². The molecule has 0 aromatic heterocycles. The number of carbonyl (C=O) groups is 1. The van der Waals surface area contributed by atoms with E-state index in [1.807, 2.05) is 26.0 Å². The molecule has 0 amide bonds. The molecule has 110 valence electrons. The third-order valence-electron chi connectivity index (χ3n) is 4.29. The predicted molar refractivity (Wildman–Crippen MR) is 80.9 cm³/mol. The molecule has 0 heterocycles. The summed E-state index contributed by atoms with van der Waals surface area (Å²) in [5.74, 6) is -0.266. The molecule has 3 nitrogen and oxygen atoms in total. The van der Waals surface area contributed by atoms with Gasteiger partial charge in [-0.25, -0.2) is 8.42 Å². The molecule has 0 aliphatic heterocycles. The summed E-state index contributed by atoms with van der Waals surface area (Å²) in [6.45, 7) is 5.30. The van der Waals surface area contributed by atoms with Crippen molar-refractivity contribution in [2.24, 2.45) is 0 Å². The first-order valence-electron chi connectivity index (χ1n) is 7.18. The number of carbonyl (C=O) groups excluding carboxylic acids is 1. The van der Waals surface area contributed by atoms with Crippen LogP contribution < -0.4 is 0 Å². The highest BCUT2D eigenvalue weighted by Crippen LogP contribution is 2.29. The number of benzene rings is 1. The van der Waals surface area contributed by atoms with Crippen LogP contribution in [0.5, 0.6) is 0 Å². The molecular weight excluding hydrogens is 272 g/mol. The van der Waals surface area contributed by atoms with Gasteiger partial charge in [0.2, 0.25) is 0 Å². The molecule has 1 atom stereocenters. The number of ketones is 1. The molecule has 1 aromatic carbocycles. The molecule has 0 saturated heterocycles. The monoisotopic (exact) mass is 294 g/mol. The van der Waals surface area contributed by atoms with E-state index in [-0.39, 0.29) is 11.0 Å². The van der Waals surface area contributed by atoms with Crippen molar-refractivity contribution in [1.82, 2.24) is 0 Å². The van der Waals surface area contributed by atoms with Crippen LogP contribution in [0.1, 0.15) is 54.1 Å². The summed E-state index contributed by atoms with van der Waals surface area (Å²) in [5, 5.41) is -1.27. The molecule has 0 spiro atoms. The average Bonchev–Trinajstić information content (AvgIpc) is 2.94. The fourth-order valence-electron chi connectivity index (χ4n) is 2.88. The van der Waals surface area contributed by atoms with Gasteiger partial charge in [0.15, 0.2) is 15.6 Å². The lowest BCUT2D eigenvalue weighted by atomic mass is 10.0. The molecule has 4 heteroatoms. The third kappa shape index (κ3) is 2.80. The highest BCUT2D eigenvalue weighted by atomic mass is 32.2. The molecule has 1 aromatic rings. The summed E-state index contributed by atoms with van der Waals surface area (Å²) in [6.07, 6.45) is 3.31. The SMILES string of the molecule is Cc1ccc(C)c(C(=O)C(C)S(=O)(=O)C2CCCC2)c1. The second-order valence-electron chi connectivity index (χ2n) is 5.82. The standard InChI is InChI=1S/C16H22O3S/c1-11-8-9-12(2)15(10-11)16(17)13(3)20(18,19)14-6-4-5-7-14/h8-10,13-14H,4-7H2,1-3H3. The second-order valence-corrected chi connectivity index (χ2v) is 8.37. The van der Waals surface area contributed by atoms with Crippen molar-refractivity contribution in [2.45, 2.75) is 57.0 Å². The highest BCUT2D eigenvalue weighted by Gasteiger charge is 2.37. The van der Waals surface area contributed by atoms with Gasteiger partial charge in [-0.15, -0.1) is 0 Å². The van der Waals surface area contributed by atoms with Crippen molar-refractivity contribution < 1.29 is 13.2 Å². The first-order chi connectivity index (χ1) is 9.34. The van der Waals surface area contributed by atoms with E-state index in [1.165, 1.54) is 6.92 Å². The van der Waals surface area contributed by atoms with Crippen LogP contribution >= 0.6 is 0 Å². The van der Waals surface area contributed by atoms with Gasteiger partial charge in [0.05, 0.1) is 5.25 Å². The average molecular weight is 294 g/mol. The van der Waals surface area contributed by atoms with Crippen molar-refractivity contribution in [1.29, 1.82) is 0 Å². The number of Topliss-reactive ketones (excluding diaryl/α,β-unsaturated/α-hetero) is 1. The molecule has 1 aliphatic rings. The van der Waals surface area contributed by atoms with E-state index in [0.717, 1.165) is 24.0 Å². The van der Waals surface area contributed by atoms with Gasteiger partial charge in [-0.05, 0) is 45.2 Å². The normalized spacial score (nSPS) is 18.1. The molecule has 0 N–H and O–H groups in total. The van der Waals surface area contributed by atoms with Crippen LogP contribution in [-0.4, -0.2) is 24.7 Å². The van der Waals surface area contributed by atoms with Crippen molar-refractivity contribution in [3.8, 4) is 0 Å². The smallest absolute Gasteiger partial charge is 0.180 e. The van der Waals surface area contributed by atoms with Crippen molar-refractivity contribution >= 4 is 15.6 Å². The molecule has 0 bridgehead atoms. The Morgan fingerprint density at radius 1 is 1.20 bits per heavy atom. The van der Waals surface area contributed by atoms with Gasteiger partial charge >= 0.3 is 0 Å². The Labute approximate surface area is 121 Å². The number of sulfone groups is 1. The Balaban J connectivity index is 2.30. The van der Waals surface area contributed by atoms with E-state index in [0.29, 0.717) is 18.4 Å². The minimum absolute atomic E-state index is 0.266. The van der Waals surface area contributed by atoms with Gasteiger partial charge in [0, 0.05) is 5.56 Å². The van der Waals surface area contributed by atoms with Gasteiger partial charge < -0.3 is 0 Å². The summed E-state index contributed by atoms with van der Waals surface area (Å²) in [7, 11) is -3.37. The van der Waals surface area contributed by atoms with Crippen LogP contribution in [0.15, 0.2) is 18.2 Å². The van der Waals surface area contributed by atoms with Crippen molar-refractivity contribution in [3.63, 3.8) is 0 Å². The predicted octanol–water partition coefficient (Wildman–Crippen LogP) is 3.23. The zero-order valence-corrected chi connectivity index (χ0v) is 13.2. The number of aryl methyl sites for hydroxylation is 2. The van der Waals surface area contributed by atoms with E-state index >= 15 is 0 Å². The van der Waals surface area contributed by atoms with Gasteiger partial charge in [-0.3, -0.25) is 4.79 Å². The highest BCUT2D eigenvalue weighted by molar-refractivity contribution is 7.93. The maximum Gasteiger partial charge on any atom is 0.180 e. The van der Waals surface area contributed by atoms with Gasteiger partial charge in [-0.2, -0.15) is 0 Å². The Bertz CT molecular complexity index is 611. The summed E-state index contributed by atoms with van der Waals surface area (Å²) in [4.78, 5) is 12.5. The maximum absolute atomic E-state index is 12.5. The molecule has 1 fully saturated rings. The van der Waals surface area contributed by atoms with E-state index < -0.39 is 15.1 Å². The summed E-state index contributed by atoms with van der Waals surface area (Å²) in [6, 6.07) is 5.60. The van der Waals surface area contributed by atoms with Gasteiger partial charge in [-0.1, -0.05) is 30.5 Å². The minimum Gasteiger partial charge on any atom is -0.293 e. The fourth-order valence-corrected chi connectivity index (χ4v) is 4.87. The van der Waals surface area contributed by atoms with E-state index in [1.54, 1.807) is 6.07 Å². The zero-order valence-electron chi connectivity index (χ0n) is 12.3. The molecule has 20 heavy (non-hydrogen) atoms. The lowest BCUT2D eigenvalue weighted by molar-refractivity contribution is 0.0990. The molecule has 0 radical (unpaired) electrons. The molecule has 2 rings (SSSR count). The summed E-state index contributed by atoms with van der Waals surface area (Å²) in [5.41, 5.74) is 2.36. The number of hydrogen-bond donors (Lipinski definition) is 0. The van der Waals surface area contributed by atoms with E-state index in [2.05, 4.69) is 0 Å². The molecular formula is C16H22O3S. The summed E-state index contributed by atoms with van der Waals surface area (Å²) >= 11 is 0. The van der Waals surface area contributed by atoms with Crippen molar-refractivity contribution in [2.75, 3.05) is 0 Å². The van der Waals surface area contributed by atoms with Crippen LogP contribution in [0.25, 0.3) is 0 Å². The number of rotatable bonds is 4.